The molecular weight excluding hydrogens is 1120 g/mol. The molecule has 12 rings (SSSR count). The number of esters is 2. The molecule has 2 aliphatic heterocycles. The van der Waals surface area contributed by atoms with Crippen molar-refractivity contribution in [1.82, 2.24) is 39.2 Å². The smallest absolute Gasteiger partial charge is 0.338 e. The maximum atomic E-state index is 13.2. The zero-order valence-electron chi connectivity index (χ0n) is 51.0. The first-order valence-electron chi connectivity index (χ1n) is 29.5. The number of carbonyl (C=O) groups excluding carboxylic acids is 3. The molecule has 6 N–H and O–H groups in total. The Balaban J connectivity index is 0.000000167. The van der Waals surface area contributed by atoms with Crippen molar-refractivity contribution in [2.24, 2.45) is 0 Å². The molecule has 8 heterocycles. The molecule has 456 valence electrons. The number of carboxylic acids is 1. The van der Waals surface area contributed by atoms with Crippen LogP contribution in [0.4, 0.5) is 46.0 Å². The topological polar surface area (TPSA) is 262 Å². The van der Waals surface area contributed by atoms with Crippen molar-refractivity contribution in [3.8, 4) is 22.5 Å². The van der Waals surface area contributed by atoms with Crippen molar-refractivity contribution in [3.05, 3.63) is 193 Å². The summed E-state index contributed by atoms with van der Waals surface area (Å²) in [5, 5.41) is 28.4. The molecule has 0 radical (unpaired) electrons. The summed E-state index contributed by atoms with van der Waals surface area (Å²) < 4.78 is 14.0. The molecule has 2 atom stereocenters. The van der Waals surface area contributed by atoms with Gasteiger partial charge in [0.05, 0.1) is 39.5 Å². The van der Waals surface area contributed by atoms with Gasteiger partial charge in [0.2, 0.25) is 0 Å². The van der Waals surface area contributed by atoms with Gasteiger partial charge in [0, 0.05) is 78.0 Å². The number of fused-ring (bicyclic) bond motifs is 2. The van der Waals surface area contributed by atoms with E-state index in [-0.39, 0.29) is 17.4 Å². The van der Waals surface area contributed by atoms with Gasteiger partial charge in [-0.15, -0.1) is 0 Å². The summed E-state index contributed by atoms with van der Waals surface area (Å²) in [5.41, 5.74) is 12.9. The van der Waals surface area contributed by atoms with E-state index in [0.717, 1.165) is 53.3 Å². The van der Waals surface area contributed by atoms with Gasteiger partial charge in [-0.1, -0.05) is 36.4 Å². The number of nitrogen functional groups attached to an aromatic ring is 1. The molecule has 2 fully saturated rings. The number of benzene rings is 4. The fraction of sp³-hybridized carbons (Fsp3) is 0.265. The number of ether oxygens (including phenoxy) is 2. The standard InChI is InChI=1S/C34H35N7O3.C23H22N6O2.C11H15NO2/c1-22-8-7-18-40(22)30-12-6-11-29(38-30)37-28-21-27(39-41-19-17-35-31(28)41)24-9-5-10-25(20-24)32(42)36-26-15-13-23(14-16-26)33(43)44-34(2,3)4;1-15-5-4-11-28(15)21-9-3-8-20(26-21)25-19-14-18(27-29-12-10-24-22(19)29)16-6-2-7-17(13-16)23(30)31;1-11(2,3)14-10(13)8-4-6-9(12)7-5-8/h5-6,9-17,19-22H,7-8,18H2,1-4H3,(H,36,42)(H,37,38);2-3,6-10,12-15H,4-5,11H2,1H3,(H,25,26)(H,30,31);4-7H,12H2,1-3H3. The highest BCUT2D eigenvalue weighted by atomic mass is 16.6. The molecule has 0 spiro atoms. The van der Waals surface area contributed by atoms with Gasteiger partial charge < -0.3 is 46.1 Å². The minimum atomic E-state index is -0.971. The van der Waals surface area contributed by atoms with Crippen molar-refractivity contribution in [2.75, 3.05) is 44.6 Å². The van der Waals surface area contributed by atoms with E-state index >= 15 is 0 Å². The lowest BCUT2D eigenvalue weighted by Crippen LogP contribution is -2.27. The number of nitrogens with two attached hydrogens (primary N) is 1. The maximum absolute atomic E-state index is 13.2. The third-order valence-corrected chi connectivity index (χ3v) is 14.6. The molecule has 4 aromatic carbocycles. The Morgan fingerprint density at radius 1 is 0.551 bits per heavy atom. The van der Waals surface area contributed by atoms with E-state index in [1.807, 2.05) is 108 Å². The number of pyridine rings is 2. The number of rotatable bonds is 13. The van der Waals surface area contributed by atoms with Crippen LogP contribution in [-0.2, 0) is 9.47 Å². The molecule has 0 aliphatic carbocycles. The predicted octanol–water partition coefficient (Wildman–Crippen LogP) is 13.2. The first-order chi connectivity index (χ1) is 42.6. The summed E-state index contributed by atoms with van der Waals surface area (Å²) >= 11 is 0. The normalized spacial score (nSPS) is 14.7. The fourth-order valence-corrected chi connectivity index (χ4v) is 10.2. The Morgan fingerprint density at radius 2 is 0.989 bits per heavy atom. The molecule has 0 saturated carbocycles. The van der Waals surface area contributed by atoms with Crippen LogP contribution < -0.4 is 31.5 Å². The maximum Gasteiger partial charge on any atom is 0.338 e. The molecule has 21 heteroatoms. The largest absolute Gasteiger partial charge is 0.478 e. The summed E-state index contributed by atoms with van der Waals surface area (Å²) in [6.45, 7) is 17.4. The fourth-order valence-electron chi connectivity index (χ4n) is 10.2. The average Bonchev–Trinajstić information content (AvgIpc) is 2.13. The molecule has 1 amide bonds. The first kappa shape index (κ1) is 61.4. The van der Waals surface area contributed by atoms with Crippen LogP contribution in [0.1, 0.15) is 123 Å². The first-order valence-corrected chi connectivity index (χ1v) is 29.5. The summed E-state index contributed by atoms with van der Waals surface area (Å²) in [6, 6.07) is 44.0. The van der Waals surface area contributed by atoms with Crippen molar-refractivity contribution in [1.29, 1.82) is 0 Å². The average molecular weight is 1200 g/mol. The van der Waals surface area contributed by atoms with E-state index in [1.165, 1.54) is 25.7 Å². The highest BCUT2D eigenvalue weighted by molar-refractivity contribution is 6.05. The predicted molar refractivity (Wildman–Crippen MR) is 347 cm³/mol. The SMILES string of the molecule is CC(C)(C)OC(=O)c1ccc(N)cc1.CC1CCCN1c1cccc(Nc2cc(-c3cccc(C(=O)Nc4ccc(C(=O)OC(C)(C)C)cc4)c3)nn3ccnc23)n1.CC1CCCN1c1cccc(Nc2cc(-c3cccc(C(=O)O)c3)nn3ccnc23)n1. The summed E-state index contributed by atoms with van der Waals surface area (Å²) in [6.07, 6.45) is 11.6. The zero-order valence-corrected chi connectivity index (χ0v) is 51.0. The number of amides is 1. The van der Waals surface area contributed by atoms with E-state index in [0.29, 0.717) is 68.4 Å². The minimum absolute atomic E-state index is 0.216. The number of imidazole rings is 2. The van der Waals surface area contributed by atoms with Gasteiger partial charge in [-0.05, 0) is 190 Å². The molecule has 0 bridgehead atoms. The van der Waals surface area contributed by atoms with E-state index in [2.05, 4.69) is 54.7 Å². The third kappa shape index (κ3) is 15.7. The highest BCUT2D eigenvalue weighted by Crippen LogP contribution is 2.32. The Kier molecular flexibility index (Phi) is 18.3. The van der Waals surface area contributed by atoms with Crippen LogP contribution in [-0.4, -0.2) is 104 Å². The molecule has 6 aromatic heterocycles. The minimum Gasteiger partial charge on any atom is -0.478 e. The van der Waals surface area contributed by atoms with Crippen LogP contribution in [0, 0.1) is 0 Å². The summed E-state index contributed by atoms with van der Waals surface area (Å²) in [4.78, 5) is 71.6. The van der Waals surface area contributed by atoms with Gasteiger partial charge in [-0.2, -0.15) is 10.2 Å². The second kappa shape index (κ2) is 26.5. The number of carbonyl (C=O) groups is 4. The van der Waals surface area contributed by atoms with Crippen LogP contribution in [0.3, 0.4) is 0 Å². The molecule has 2 aliphatic rings. The van der Waals surface area contributed by atoms with Crippen molar-refractivity contribution < 1.29 is 33.8 Å². The van der Waals surface area contributed by atoms with Crippen molar-refractivity contribution >= 4 is 81.1 Å². The van der Waals surface area contributed by atoms with Gasteiger partial charge in [0.15, 0.2) is 11.3 Å². The van der Waals surface area contributed by atoms with Gasteiger partial charge in [0.1, 0.15) is 34.5 Å². The van der Waals surface area contributed by atoms with Crippen LogP contribution in [0.25, 0.3) is 33.8 Å². The number of aromatic carboxylic acids is 1. The molecular formula is C68H72N14O7. The van der Waals surface area contributed by atoms with Gasteiger partial charge in [0.25, 0.3) is 5.91 Å². The molecule has 10 aromatic rings. The van der Waals surface area contributed by atoms with Gasteiger partial charge >= 0.3 is 17.9 Å². The van der Waals surface area contributed by atoms with Crippen LogP contribution in [0.5, 0.6) is 0 Å². The lowest BCUT2D eigenvalue weighted by molar-refractivity contribution is 0.00570. The zero-order chi connectivity index (χ0) is 63.0. The Hall–Kier alpha value is -10.7. The number of hydrogen-bond donors (Lipinski definition) is 5. The lowest BCUT2D eigenvalue weighted by atomic mass is 10.1. The number of aromatic nitrogens is 8. The monoisotopic (exact) mass is 1200 g/mol. The number of nitrogens with one attached hydrogen (secondary N) is 3. The summed E-state index contributed by atoms with van der Waals surface area (Å²) in [7, 11) is 0. The second-order valence-electron chi connectivity index (χ2n) is 23.8. The molecule has 21 nitrogen and oxygen atoms in total. The van der Waals surface area contributed by atoms with Gasteiger partial charge in [-0.3, -0.25) is 4.79 Å². The second-order valence-corrected chi connectivity index (χ2v) is 23.8. The van der Waals surface area contributed by atoms with Gasteiger partial charge in [-0.25, -0.2) is 43.4 Å². The van der Waals surface area contributed by atoms with Crippen LogP contribution in [0.15, 0.2) is 170 Å². The van der Waals surface area contributed by atoms with Crippen molar-refractivity contribution in [3.63, 3.8) is 0 Å². The lowest BCUT2D eigenvalue weighted by Gasteiger charge is -2.23. The van der Waals surface area contributed by atoms with E-state index in [9.17, 15) is 24.3 Å². The number of anilines is 8. The van der Waals surface area contributed by atoms with Crippen LogP contribution in [0.2, 0.25) is 0 Å². The summed E-state index contributed by atoms with van der Waals surface area (Å²) in [5.74, 6) is 1.36. The molecule has 2 unspecified atom stereocenters. The number of hydrogen-bond acceptors (Lipinski definition) is 17. The number of nitrogens with zero attached hydrogens (tertiary/aromatic N) is 10. The Morgan fingerprint density at radius 3 is 1.43 bits per heavy atom. The molecule has 2 saturated heterocycles. The van der Waals surface area contributed by atoms with Crippen LogP contribution >= 0.6 is 0 Å². The van der Waals surface area contributed by atoms with E-state index < -0.39 is 23.1 Å². The third-order valence-electron chi connectivity index (χ3n) is 14.6. The highest BCUT2D eigenvalue weighted by Gasteiger charge is 2.25. The van der Waals surface area contributed by atoms with E-state index in [4.69, 9.17) is 30.3 Å². The van der Waals surface area contributed by atoms with Crippen molar-refractivity contribution in [2.45, 2.75) is 104 Å². The Bertz CT molecular complexity index is 4170. The molecule has 89 heavy (non-hydrogen) atoms. The quantitative estimate of drug-likeness (QED) is 0.0531. The van der Waals surface area contributed by atoms with E-state index in [1.54, 1.807) is 113 Å². The Labute approximate surface area is 516 Å². The number of carboxylic acid groups (broad SMARTS) is 1.